The van der Waals surface area contributed by atoms with Crippen molar-refractivity contribution in [1.82, 2.24) is 4.98 Å². The minimum atomic E-state index is -1.40. The first-order valence-electron chi connectivity index (χ1n) is 10.2. The van der Waals surface area contributed by atoms with E-state index >= 15 is 0 Å². The summed E-state index contributed by atoms with van der Waals surface area (Å²) in [6.07, 6.45) is 2.85. The van der Waals surface area contributed by atoms with Gasteiger partial charge in [0.25, 0.3) is 0 Å². The van der Waals surface area contributed by atoms with Crippen molar-refractivity contribution in [3.8, 4) is 11.1 Å². The number of rotatable bonds is 8. The molecule has 1 fully saturated rings. The van der Waals surface area contributed by atoms with Gasteiger partial charge in [-0.3, -0.25) is 9.78 Å². The molecule has 0 aliphatic heterocycles. The maximum atomic E-state index is 13.6. The van der Waals surface area contributed by atoms with Gasteiger partial charge in [-0.05, 0) is 48.8 Å². The Morgan fingerprint density at radius 2 is 1.81 bits per heavy atom. The number of carbonyl (C=O) groups is 2. The zero-order valence-corrected chi connectivity index (χ0v) is 19.7. The van der Waals surface area contributed by atoms with Crippen LogP contribution in [0.3, 0.4) is 0 Å². The largest absolute Gasteiger partial charge is 2.00 e. The van der Waals surface area contributed by atoms with Crippen LogP contribution in [0.1, 0.15) is 42.9 Å². The number of hydrogen-bond donors (Lipinski definition) is 1. The standard InChI is InChI=1S/C25H22FNO4.Ca/c26-17-9-7-15(8-10-17)24-20-3-1-2-4-22(20)27-25(16-5-6-16)21(24)12-11-18(28)13-19(29)14-23(30)31;/h1-4,7-12,16,19,29H,5-6,13-14H2,(H,30,31);/q;+2/p-1/b12-11+;/t19-;/m0./s1. The molecular weight excluding hydrogens is 437 g/mol. The number of aliphatic hydroxyl groups excluding tert-OH is 1. The molecule has 1 heterocycles. The molecule has 158 valence electrons. The monoisotopic (exact) mass is 458 g/mol. The number of para-hydroxylation sites is 1. The fourth-order valence-electron chi connectivity index (χ4n) is 3.75. The molecule has 0 amide bonds. The van der Waals surface area contributed by atoms with Crippen LogP contribution in [0.2, 0.25) is 0 Å². The second kappa shape index (κ2) is 10.7. The van der Waals surface area contributed by atoms with Gasteiger partial charge in [-0.1, -0.05) is 30.3 Å². The van der Waals surface area contributed by atoms with Gasteiger partial charge in [-0.25, -0.2) is 4.39 Å². The number of aliphatic carboxylic acids is 1. The second-order valence-corrected chi connectivity index (χ2v) is 7.82. The van der Waals surface area contributed by atoms with Crippen LogP contribution >= 0.6 is 0 Å². The SMILES string of the molecule is O=C([O-])C[C@@H](O)CC(=O)/C=C/c1c(C2CC2)nc2ccccc2c1-c1ccc(F)cc1.[Ca+2]. The van der Waals surface area contributed by atoms with Crippen molar-refractivity contribution in [3.63, 3.8) is 0 Å². The average molecular weight is 459 g/mol. The van der Waals surface area contributed by atoms with Crippen molar-refractivity contribution in [2.24, 2.45) is 0 Å². The van der Waals surface area contributed by atoms with Crippen molar-refractivity contribution < 1.29 is 24.2 Å². The number of aliphatic hydroxyl groups is 1. The van der Waals surface area contributed by atoms with Crippen molar-refractivity contribution in [3.05, 3.63) is 71.7 Å². The normalized spacial score (nSPS) is 14.3. The predicted octanol–water partition coefficient (Wildman–Crippen LogP) is 3.01. The number of aromatic nitrogens is 1. The maximum absolute atomic E-state index is 13.6. The Labute approximate surface area is 215 Å². The average Bonchev–Trinajstić information content (AvgIpc) is 3.56. The van der Waals surface area contributed by atoms with Gasteiger partial charge in [0.15, 0.2) is 5.78 Å². The van der Waals surface area contributed by atoms with Gasteiger partial charge in [0.2, 0.25) is 0 Å². The van der Waals surface area contributed by atoms with E-state index in [0.717, 1.165) is 46.1 Å². The summed E-state index contributed by atoms with van der Waals surface area (Å²) in [5, 5.41) is 21.2. The molecule has 4 rings (SSSR count). The number of carbonyl (C=O) groups excluding carboxylic acids is 2. The Hall–Kier alpha value is -2.12. The van der Waals surface area contributed by atoms with Gasteiger partial charge in [0, 0.05) is 41.2 Å². The van der Waals surface area contributed by atoms with Crippen molar-refractivity contribution in [2.45, 2.75) is 37.7 Å². The summed E-state index contributed by atoms with van der Waals surface area (Å²) in [4.78, 5) is 27.8. The number of benzene rings is 2. The van der Waals surface area contributed by atoms with Crippen molar-refractivity contribution in [1.29, 1.82) is 0 Å². The predicted molar refractivity (Wildman–Crippen MR) is 119 cm³/mol. The molecule has 32 heavy (non-hydrogen) atoms. The number of nitrogens with zero attached hydrogens (tertiary/aromatic N) is 1. The van der Waals surface area contributed by atoms with Crippen LogP contribution in [0, 0.1) is 5.82 Å². The molecule has 1 atom stereocenters. The Kier molecular flexibility index (Phi) is 8.17. The minimum Gasteiger partial charge on any atom is -0.550 e. The third kappa shape index (κ3) is 5.81. The molecule has 3 aromatic rings. The molecule has 1 aliphatic carbocycles. The first-order valence-corrected chi connectivity index (χ1v) is 10.2. The van der Waals surface area contributed by atoms with Gasteiger partial charge in [0.1, 0.15) is 5.82 Å². The number of carboxylic acid groups (broad SMARTS) is 1. The number of hydrogen-bond acceptors (Lipinski definition) is 5. The molecule has 0 radical (unpaired) electrons. The van der Waals surface area contributed by atoms with E-state index in [1.54, 1.807) is 18.2 Å². The summed E-state index contributed by atoms with van der Waals surface area (Å²) in [5.74, 6) is -1.84. The topological polar surface area (TPSA) is 90.3 Å². The van der Waals surface area contributed by atoms with Crippen LogP contribution < -0.4 is 5.11 Å². The van der Waals surface area contributed by atoms with Crippen LogP contribution in [0.25, 0.3) is 28.1 Å². The van der Waals surface area contributed by atoms with Crippen LogP contribution in [-0.4, -0.2) is 65.7 Å². The summed E-state index contributed by atoms with van der Waals surface area (Å²) in [7, 11) is 0. The Balaban J connectivity index is 0.00000289. The molecule has 5 nitrogen and oxygen atoms in total. The van der Waals surface area contributed by atoms with Gasteiger partial charge in [-0.2, -0.15) is 0 Å². The third-order valence-electron chi connectivity index (χ3n) is 5.33. The smallest absolute Gasteiger partial charge is 0.550 e. The van der Waals surface area contributed by atoms with Gasteiger partial charge >= 0.3 is 37.7 Å². The van der Waals surface area contributed by atoms with Gasteiger partial charge < -0.3 is 15.0 Å². The molecule has 2 aromatic carbocycles. The van der Waals surface area contributed by atoms with E-state index in [-0.39, 0.29) is 50.0 Å². The summed E-state index contributed by atoms with van der Waals surface area (Å²) in [6.45, 7) is 0. The first-order chi connectivity index (χ1) is 14.9. The van der Waals surface area contributed by atoms with Crippen LogP contribution in [-0.2, 0) is 9.59 Å². The number of allylic oxidation sites excluding steroid dienone is 1. The molecule has 0 bridgehead atoms. The summed E-state index contributed by atoms with van der Waals surface area (Å²) in [6, 6.07) is 13.9. The number of fused-ring (bicyclic) bond motifs is 1. The third-order valence-corrected chi connectivity index (χ3v) is 5.33. The molecule has 0 unspecified atom stereocenters. The molecular formula is C25H21CaFNO4+. The fourth-order valence-corrected chi connectivity index (χ4v) is 3.75. The molecule has 1 N–H and O–H groups in total. The zero-order valence-electron chi connectivity index (χ0n) is 17.5. The van der Waals surface area contributed by atoms with E-state index in [9.17, 15) is 24.2 Å². The van der Waals surface area contributed by atoms with Crippen LogP contribution in [0.15, 0.2) is 54.6 Å². The van der Waals surface area contributed by atoms with Gasteiger partial charge in [0.05, 0.1) is 17.3 Å². The molecule has 1 aromatic heterocycles. The second-order valence-electron chi connectivity index (χ2n) is 7.82. The number of ketones is 1. The van der Waals surface area contributed by atoms with E-state index in [1.807, 2.05) is 24.3 Å². The van der Waals surface area contributed by atoms with Crippen LogP contribution in [0.5, 0.6) is 0 Å². The van der Waals surface area contributed by atoms with E-state index < -0.39 is 24.3 Å². The Bertz CT molecular complexity index is 1170. The minimum absolute atomic E-state index is 0. The number of halogens is 1. The quantitative estimate of drug-likeness (QED) is 0.414. The Morgan fingerprint density at radius 1 is 1.12 bits per heavy atom. The van der Waals surface area contributed by atoms with E-state index in [2.05, 4.69) is 0 Å². The zero-order chi connectivity index (χ0) is 22.0. The van der Waals surface area contributed by atoms with Crippen molar-refractivity contribution in [2.75, 3.05) is 0 Å². The molecule has 0 spiro atoms. The van der Waals surface area contributed by atoms with Crippen molar-refractivity contribution >= 4 is 66.5 Å². The van der Waals surface area contributed by atoms with E-state index in [0.29, 0.717) is 5.92 Å². The van der Waals surface area contributed by atoms with E-state index in [1.165, 1.54) is 18.2 Å². The van der Waals surface area contributed by atoms with E-state index in [4.69, 9.17) is 4.98 Å². The molecule has 7 heteroatoms. The van der Waals surface area contributed by atoms with Crippen LogP contribution in [0.4, 0.5) is 4.39 Å². The maximum Gasteiger partial charge on any atom is 2.00 e. The summed E-state index contributed by atoms with van der Waals surface area (Å²) >= 11 is 0. The summed E-state index contributed by atoms with van der Waals surface area (Å²) in [5.41, 5.74) is 4.18. The first kappa shape index (κ1) is 24.5. The fraction of sp³-hybridized carbons (Fsp3) is 0.240. The molecule has 0 saturated heterocycles. The molecule has 1 aliphatic rings. The Morgan fingerprint density at radius 3 is 2.47 bits per heavy atom. The number of pyridine rings is 1. The molecule has 1 saturated carbocycles. The van der Waals surface area contributed by atoms with Gasteiger partial charge in [-0.15, -0.1) is 0 Å². The number of carboxylic acids is 1. The summed E-state index contributed by atoms with van der Waals surface area (Å²) < 4.78 is 13.6.